The number of thiazole rings is 1. The van der Waals surface area contributed by atoms with Crippen LogP contribution < -0.4 is 15.0 Å². The van der Waals surface area contributed by atoms with Crippen molar-refractivity contribution in [1.29, 1.82) is 0 Å². The zero-order valence-electron chi connectivity index (χ0n) is 20.1. The van der Waals surface area contributed by atoms with Gasteiger partial charge in [-0.1, -0.05) is 71.5 Å². The molecule has 0 aliphatic rings. The van der Waals surface area contributed by atoms with Crippen molar-refractivity contribution >= 4 is 45.7 Å². The van der Waals surface area contributed by atoms with Gasteiger partial charge in [-0.3, -0.25) is 4.79 Å². The molecule has 182 valence electrons. The third-order valence-corrected chi connectivity index (χ3v) is 6.60. The van der Waals surface area contributed by atoms with Crippen LogP contribution in [0.5, 0.6) is 0 Å². The Morgan fingerprint density at radius 3 is 2.39 bits per heavy atom. The highest BCUT2D eigenvalue weighted by atomic mass is 35.5. The number of carbonyl (C=O) groups is 1. The number of amides is 1. The first-order chi connectivity index (χ1) is 17.5. The second-order valence-electron chi connectivity index (χ2n) is 8.12. The number of aromatic nitrogens is 1. The quantitative estimate of drug-likeness (QED) is 0.170. The minimum absolute atomic E-state index is 0.230. The molecule has 4 aromatic rings. The summed E-state index contributed by atoms with van der Waals surface area (Å²) in [5, 5.41) is 13.1. The van der Waals surface area contributed by atoms with Crippen LogP contribution in [-0.4, -0.2) is 30.8 Å². The van der Waals surface area contributed by atoms with E-state index in [0.717, 1.165) is 22.5 Å². The first kappa shape index (κ1) is 25.2. The van der Waals surface area contributed by atoms with Gasteiger partial charge in [0.05, 0.1) is 11.9 Å². The maximum Gasteiger partial charge on any atom is 0.256 e. The van der Waals surface area contributed by atoms with E-state index in [1.807, 2.05) is 78.2 Å². The molecular formula is C28H26ClN5OS. The number of nitrogens with zero attached hydrogens (tertiary/aromatic N) is 4. The Labute approximate surface area is 219 Å². The van der Waals surface area contributed by atoms with Gasteiger partial charge in [-0.25, -0.2) is 0 Å². The summed E-state index contributed by atoms with van der Waals surface area (Å²) in [6, 6.07) is 24.7. The monoisotopic (exact) mass is 515 g/mol. The van der Waals surface area contributed by atoms with Crippen molar-refractivity contribution in [2.24, 2.45) is 10.2 Å². The van der Waals surface area contributed by atoms with E-state index in [2.05, 4.69) is 22.1 Å². The Hall–Kier alpha value is -3.94. The second kappa shape index (κ2) is 11.7. The molecule has 0 bridgehead atoms. The third kappa shape index (κ3) is 6.00. The van der Waals surface area contributed by atoms with Crippen LogP contribution in [0.2, 0.25) is 5.02 Å². The van der Waals surface area contributed by atoms with E-state index in [9.17, 15) is 4.79 Å². The van der Waals surface area contributed by atoms with E-state index >= 15 is 0 Å². The van der Waals surface area contributed by atoms with Crippen LogP contribution in [0, 0.1) is 0 Å². The zero-order chi connectivity index (χ0) is 25.5. The van der Waals surface area contributed by atoms with E-state index in [4.69, 9.17) is 11.6 Å². The van der Waals surface area contributed by atoms with Gasteiger partial charge in [-0.15, -0.1) is 11.7 Å². The minimum atomic E-state index is -0.230. The first-order valence-electron chi connectivity index (χ1n) is 11.3. The zero-order valence-corrected chi connectivity index (χ0v) is 21.6. The molecule has 0 aliphatic heterocycles. The Morgan fingerprint density at radius 2 is 1.75 bits per heavy atom. The molecular weight excluding hydrogens is 490 g/mol. The summed E-state index contributed by atoms with van der Waals surface area (Å²) >= 11 is 7.34. The third-order valence-electron chi connectivity index (χ3n) is 5.36. The second-order valence-corrected chi connectivity index (χ2v) is 9.53. The molecule has 1 aromatic heterocycles. The van der Waals surface area contributed by atoms with E-state index in [1.165, 1.54) is 11.3 Å². The molecule has 0 radical (unpaired) electrons. The highest BCUT2D eigenvalue weighted by Gasteiger charge is 2.18. The average Bonchev–Trinajstić information content (AvgIpc) is 3.21. The fourth-order valence-corrected chi connectivity index (χ4v) is 4.67. The topological polar surface area (TPSA) is 62.0 Å². The fourth-order valence-electron chi connectivity index (χ4n) is 3.53. The summed E-state index contributed by atoms with van der Waals surface area (Å²) in [6.45, 7) is 4.41. The number of hydrogen-bond donors (Lipinski definition) is 1. The average molecular weight is 516 g/mol. The van der Waals surface area contributed by atoms with Crippen molar-refractivity contribution in [3.8, 4) is 11.3 Å². The van der Waals surface area contributed by atoms with Gasteiger partial charge in [-0.05, 0) is 42.0 Å². The Bertz CT molecular complexity index is 1440. The van der Waals surface area contributed by atoms with Gasteiger partial charge in [0.2, 0.25) is 4.80 Å². The van der Waals surface area contributed by atoms with Crippen LogP contribution in [0.25, 0.3) is 11.3 Å². The SMILES string of the molecule is C=CCn1c(-c2ccccc2)c(NC(=O)c2ccc(Cl)cc2)sc1=NN=Cc1ccc(N(C)C)cc1. The Morgan fingerprint density at radius 1 is 1.06 bits per heavy atom. The highest BCUT2D eigenvalue weighted by molar-refractivity contribution is 7.14. The lowest BCUT2D eigenvalue weighted by Crippen LogP contribution is -2.15. The van der Waals surface area contributed by atoms with E-state index in [0.29, 0.717) is 26.9 Å². The molecule has 1 N–H and O–H groups in total. The van der Waals surface area contributed by atoms with Gasteiger partial charge in [0.15, 0.2) is 0 Å². The van der Waals surface area contributed by atoms with Crippen LogP contribution in [0.4, 0.5) is 10.7 Å². The van der Waals surface area contributed by atoms with Crippen LogP contribution in [0.3, 0.4) is 0 Å². The number of halogens is 1. The molecule has 0 aliphatic carbocycles. The van der Waals surface area contributed by atoms with Crippen LogP contribution >= 0.6 is 22.9 Å². The molecule has 0 saturated carbocycles. The molecule has 1 amide bonds. The molecule has 36 heavy (non-hydrogen) atoms. The lowest BCUT2D eigenvalue weighted by Gasteiger charge is -2.11. The fraction of sp³-hybridized carbons (Fsp3) is 0.107. The summed E-state index contributed by atoms with van der Waals surface area (Å²) in [5.41, 5.74) is 4.36. The molecule has 0 fully saturated rings. The van der Waals surface area contributed by atoms with Crippen molar-refractivity contribution in [3.63, 3.8) is 0 Å². The number of nitrogens with one attached hydrogen (secondary N) is 1. The molecule has 3 aromatic carbocycles. The molecule has 8 heteroatoms. The predicted molar refractivity (Wildman–Crippen MR) is 151 cm³/mol. The number of hydrogen-bond acceptors (Lipinski definition) is 5. The molecule has 0 spiro atoms. The van der Waals surface area contributed by atoms with E-state index in [1.54, 1.807) is 36.6 Å². The molecule has 0 saturated heterocycles. The summed E-state index contributed by atoms with van der Waals surface area (Å²) in [7, 11) is 4.00. The van der Waals surface area contributed by atoms with Crippen LogP contribution in [-0.2, 0) is 6.54 Å². The van der Waals surface area contributed by atoms with Gasteiger partial charge in [0, 0.05) is 42.5 Å². The Balaban J connectivity index is 1.74. The van der Waals surface area contributed by atoms with Crippen molar-refractivity contribution in [2.45, 2.75) is 6.54 Å². The number of anilines is 2. The lowest BCUT2D eigenvalue weighted by atomic mass is 10.1. The standard InChI is InChI=1S/C28H26ClN5OS/c1-4-18-34-25(21-8-6-5-7-9-21)27(31-26(35)22-12-14-23(29)15-13-22)36-28(34)32-30-19-20-10-16-24(17-11-20)33(2)3/h4-17,19H,1,18H2,2-3H3,(H,31,35). The first-order valence-corrected chi connectivity index (χ1v) is 12.5. The largest absolute Gasteiger partial charge is 0.378 e. The lowest BCUT2D eigenvalue weighted by molar-refractivity contribution is 0.102. The van der Waals surface area contributed by atoms with Crippen molar-refractivity contribution < 1.29 is 4.79 Å². The normalized spacial score (nSPS) is 11.6. The van der Waals surface area contributed by atoms with Crippen LogP contribution in [0.15, 0.2) is 102 Å². The maximum absolute atomic E-state index is 13.0. The highest BCUT2D eigenvalue weighted by Crippen LogP contribution is 2.31. The van der Waals surface area contributed by atoms with Gasteiger partial charge in [0.25, 0.3) is 5.91 Å². The smallest absolute Gasteiger partial charge is 0.256 e. The van der Waals surface area contributed by atoms with Crippen LogP contribution in [0.1, 0.15) is 15.9 Å². The Kier molecular flexibility index (Phi) is 8.15. The minimum Gasteiger partial charge on any atom is -0.378 e. The van der Waals surface area contributed by atoms with Crippen molar-refractivity contribution in [1.82, 2.24) is 4.57 Å². The van der Waals surface area contributed by atoms with Crippen molar-refractivity contribution in [3.05, 3.63) is 112 Å². The molecule has 1 heterocycles. The molecule has 0 atom stereocenters. The van der Waals surface area contributed by atoms with E-state index < -0.39 is 0 Å². The number of allylic oxidation sites excluding steroid dienone is 1. The molecule has 0 unspecified atom stereocenters. The van der Waals surface area contributed by atoms with Crippen molar-refractivity contribution in [2.75, 3.05) is 24.3 Å². The molecule has 4 rings (SSSR count). The van der Waals surface area contributed by atoms with Gasteiger partial charge in [-0.2, -0.15) is 5.10 Å². The molecule has 6 nitrogen and oxygen atoms in total. The summed E-state index contributed by atoms with van der Waals surface area (Å²) in [6.07, 6.45) is 3.51. The summed E-state index contributed by atoms with van der Waals surface area (Å²) < 4.78 is 2.00. The maximum atomic E-state index is 13.0. The number of benzene rings is 3. The summed E-state index contributed by atoms with van der Waals surface area (Å²) in [4.78, 5) is 15.7. The van der Waals surface area contributed by atoms with E-state index in [-0.39, 0.29) is 5.91 Å². The van der Waals surface area contributed by atoms with Gasteiger partial charge < -0.3 is 14.8 Å². The van der Waals surface area contributed by atoms with Gasteiger partial charge >= 0.3 is 0 Å². The number of carbonyl (C=O) groups excluding carboxylic acids is 1. The van der Waals surface area contributed by atoms with Gasteiger partial charge in [0.1, 0.15) is 5.00 Å². The number of rotatable bonds is 8. The summed E-state index contributed by atoms with van der Waals surface area (Å²) in [5.74, 6) is -0.230. The predicted octanol–water partition coefficient (Wildman–Crippen LogP) is 6.31.